The van der Waals surface area contributed by atoms with Crippen molar-refractivity contribution in [2.75, 3.05) is 5.34 Å². The van der Waals surface area contributed by atoms with Crippen LogP contribution in [0.15, 0.2) is 30.3 Å². The van der Waals surface area contributed by atoms with E-state index in [-0.39, 0.29) is 11.0 Å². The molecule has 1 aromatic carbocycles. The van der Waals surface area contributed by atoms with Gasteiger partial charge < -0.3 is 0 Å². The van der Waals surface area contributed by atoms with Crippen molar-refractivity contribution in [3.05, 3.63) is 40.4 Å². The highest BCUT2D eigenvalue weighted by Gasteiger charge is 1.98. The average Bonchev–Trinajstić information content (AvgIpc) is 2.17. The van der Waals surface area contributed by atoms with Crippen LogP contribution in [0.25, 0.3) is 0 Å². The predicted octanol–water partition coefficient (Wildman–Crippen LogP) is 3.73. The standard InChI is InChI=1S/C6H5NO2.CH2Cl2.Cl2O2S/c8-7(9)6-4-2-1-3-5-6;2-1-3;1-5(2,3)4/h1-5H;1H2;. The molecule has 5 nitrogen and oxygen atoms in total. The first kappa shape index (κ1) is 19.1. The minimum Gasteiger partial charge on any atom is -0.258 e. The molecule has 0 heterocycles. The molecule has 0 amide bonds. The van der Waals surface area contributed by atoms with Crippen LogP contribution in [0.1, 0.15) is 0 Å². The van der Waals surface area contributed by atoms with E-state index in [1.807, 2.05) is 0 Å². The van der Waals surface area contributed by atoms with Gasteiger partial charge in [0.05, 0.1) is 10.3 Å². The number of hydrogen-bond acceptors (Lipinski definition) is 4. The Hall–Kier alpha value is -0.270. The monoisotopic (exact) mass is 341 g/mol. The second-order valence-electron chi connectivity index (χ2n) is 2.07. The van der Waals surface area contributed by atoms with Gasteiger partial charge in [0.15, 0.2) is 0 Å². The molecule has 0 atom stereocenters. The Morgan fingerprint density at radius 2 is 1.41 bits per heavy atom. The third-order valence-electron chi connectivity index (χ3n) is 0.967. The SMILES string of the molecule is ClCCl.O=S(=O)(Cl)Cl.O=[N+]([O-])c1ccccc1. The van der Waals surface area contributed by atoms with E-state index in [1.165, 1.54) is 12.1 Å². The summed E-state index contributed by atoms with van der Waals surface area (Å²) in [6, 6.07) is 7.93. The fraction of sp³-hybridized carbons (Fsp3) is 0.143. The Morgan fingerprint density at radius 3 is 1.59 bits per heavy atom. The second kappa shape index (κ2) is 10.9. The molecule has 10 heteroatoms. The molecule has 0 radical (unpaired) electrons. The van der Waals surface area contributed by atoms with Crippen LogP contribution >= 0.6 is 44.6 Å². The molecule has 0 saturated carbocycles. The van der Waals surface area contributed by atoms with Gasteiger partial charge in [0.1, 0.15) is 0 Å². The number of hydrogen-bond donors (Lipinski definition) is 0. The molecule has 1 aromatic rings. The fourth-order valence-electron chi connectivity index (χ4n) is 0.550. The van der Waals surface area contributed by atoms with E-state index < -0.39 is 13.2 Å². The maximum absolute atomic E-state index is 10.0. The molecule has 0 N–H and O–H groups in total. The van der Waals surface area contributed by atoms with Crippen molar-refractivity contribution in [1.29, 1.82) is 0 Å². The van der Waals surface area contributed by atoms with Gasteiger partial charge in [0.25, 0.3) is 5.69 Å². The maximum Gasteiger partial charge on any atom is 0.317 e. The number of benzene rings is 1. The van der Waals surface area contributed by atoms with Gasteiger partial charge in [-0.15, -0.1) is 23.2 Å². The van der Waals surface area contributed by atoms with Crippen LogP contribution in [-0.2, 0) is 8.26 Å². The third-order valence-corrected chi connectivity index (χ3v) is 0.967. The molecule has 1 rings (SSSR count). The van der Waals surface area contributed by atoms with Gasteiger partial charge in [-0.05, 0) is 0 Å². The smallest absolute Gasteiger partial charge is 0.258 e. The van der Waals surface area contributed by atoms with Gasteiger partial charge in [-0.2, -0.15) is 8.42 Å². The molecule has 17 heavy (non-hydrogen) atoms. The fourth-order valence-corrected chi connectivity index (χ4v) is 0.550. The molecule has 0 saturated heterocycles. The third kappa shape index (κ3) is 21.6. The summed E-state index contributed by atoms with van der Waals surface area (Å²) in [4.78, 5) is 9.59. The van der Waals surface area contributed by atoms with E-state index in [4.69, 9.17) is 31.6 Å². The largest absolute Gasteiger partial charge is 0.317 e. The topological polar surface area (TPSA) is 77.3 Å². The van der Waals surface area contributed by atoms with Crippen LogP contribution in [0.5, 0.6) is 0 Å². The zero-order valence-electron chi connectivity index (χ0n) is 8.09. The van der Waals surface area contributed by atoms with E-state index in [2.05, 4.69) is 21.4 Å². The summed E-state index contributed by atoms with van der Waals surface area (Å²) in [5, 5.41) is 10.2. The molecule has 0 aromatic heterocycles. The molecule has 0 unspecified atom stereocenters. The number of halogens is 4. The Balaban J connectivity index is 0. The lowest BCUT2D eigenvalue weighted by Crippen LogP contribution is -1.84. The quantitative estimate of drug-likeness (QED) is 0.337. The Bertz CT molecular complexity index is 403. The number of nitrogens with zero attached hydrogens (tertiary/aromatic N) is 1. The average molecular weight is 343 g/mol. The van der Waals surface area contributed by atoms with Gasteiger partial charge in [0, 0.05) is 33.5 Å². The second-order valence-corrected chi connectivity index (χ2v) is 6.55. The van der Waals surface area contributed by atoms with Crippen molar-refractivity contribution in [3.8, 4) is 0 Å². The highest BCUT2D eigenvalue weighted by molar-refractivity contribution is 8.31. The van der Waals surface area contributed by atoms with Gasteiger partial charge in [-0.3, -0.25) is 10.1 Å². The Kier molecular flexibility index (Phi) is 12.2. The van der Waals surface area contributed by atoms with Crippen LogP contribution < -0.4 is 0 Å². The first-order valence-electron chi connectivity index (χ1n) is 3.68. The lowest BCUT2D eigenvalue weighted by molar-refractivity contribution is -0.384. The first-order valence-corrected chi connectivity index (χ1v) is 7.88. The number of alkyl halides is 2. The van der Waals surface area contributed by atoms with E-state index in [1.54, 1.807) is 18.2 Å². The lowest BCUT2D eigenvalue weighted by atomic mass is 10.3. The van der Waals surface area contributed by atoms with Crippen LogP contribution in [0.4, 0.5) is 5.69 Å². The molecular weight excluding hydrogens is 336 g/mol. The van der Waals surface area contributed by atoms with Crippen LogP contribution in [0, 0.1) is 10.1 Å². The molecule has 0 aliphatic rings. The molecular formula is C7H7Cl4NO4S. The summed E-state index contributed by atoms with van der Waals surface area (Å²) < 4.78 is 18.3. The van der Waals surface area contributed by atoms with Crippen molar-refractivity contribution < 1.29 is 13.3 Å². The minimum atomic E-state index is -3.72. The summed E-state index contributed by atoms with van der Waals surface area (Å²) in [6.45, 7) is 0. The van der Waals surface area contributed by atoms with Gasteiger partial charge in [-0.1, -0.05) is 18.2 Å². The van der Waals surface area contributed by atoms with Crippen molar-refractivity contribution in [2.24, 2.45) is 0 Å². The molecule has 0 fully saturated rings. The van der Waals surface area contributed by atoms with Gasteiger partial charge in [0.2, 0.25) is 0 Å². The Morgan fingerprint density at radius 1 is 1.12 bits per heavy atom. The van der Waals surface area contributed by atoms with Gasteiger partial charge >= 0.3 is 8.26 Å². The number of nitro groups is 1. The Labute approximate surface area is 117 Å². The first-order chi connectivity index (χ1) is 7.72. The van der Waals surface area contributed by atoms with Gasteiger partial charge in [-0.25, -0.2) is 0 Å². The van der Waals surface area contributed by atoms with E-state index in [9.17, 15) is 10.1 Å². The summed E-state index contributed by atoms with van der Waals surface area (Å²) in [6.07, 6.45) is 0. The zero-order chi connectivity index (χ0) is 13.9. The van der Waals surface area contributed by atoms with E-state index in [0.29, 0.717) is 0 Å². The predicted molar refractivity (Wildman–Crippen MR) is 70.3 cm³/mol. The normalized spacial score (nSPS) is 9.18. The van der Waals surface area contributed by atoms with Crippen molar-refractivity contribution in [1.82, 2.24) is 0 Å². The number of nitro benzene ring substituents is 1. The summed E-state index contributed by atoms with van der Waals surface area (Å²) >= 11 is 9.53. The minimum absolute atomic E-state index is 0.137. The highest BCUT2D eigenvalue weighted by Crippen LogP contribution is 2.06. The number of non-ortho nitro benzene ring substituents is 1. The summed E-state index contributed by atoms with van der Waals surface area (Å²) in [7, 11) is 4.81. The van der Waals surface area contributed by atoms with Crippen LogP contribution in [0.2, 0.25) is 0 Å². The highest BCUT2D eigenvalue weighted by atomic mass is 36.0. The number of rotatable bonds is 1. The van der Waals surface area contributed by atoms with Crippen molar-refractivity contribution >= 4 is 58.5 Å². The van der Waals surface area contributed by atoms with Crippen molar-refractivity contribution in [3.63, 3.8) is 0 Å². The van der Waals surface area contributed by atoms with Crippen LogP contribution in [-0.4, -0.2) is 18.7 Å². The van der Waals surface area contributed by atoms with E-state index >= 15 is 0 Å². The summed E-state index contributed by atoms with van der Waals surface area (Å²) in [5.74, 6) is 0. The van der Waals surface area contributed by atoms with Crippen LogP contribution in [0.3, 0.4) is 0 Å². The summed E-state index contributed by atoms with van der Waals surface area (Å²) in [5.41, 5.74) is 0.137. The molecule has 0 spiro atoms. The van der Waals surface area contributed by atoms with E-state index in [0.717, 1.165) is 0 Å². The van der Waals surface area contributed by atoms with Crippen molar-refractivity contribution in [2.45, 2.75) is 0 Å². The zero-order valence-corrected chi connectivity index (χ0v) is 11.9. The molecule has 0 bridgehead atoms. The maximum atomic E-state index is 10.0. The molecule has 98 valence electrons. The molecule has 0 aliphatic carbocycles. The lowest BCUT2D eigenvalue weighted by Gasteiger charge is -1.85. The number of para-hydroxylation sites is 1. The molecule has 0 aliphatic heterocycles.